The molecule has 2 aromatic heterocycles. The molecule has 1 saturated carbocycles. The van der Waals surface area contributed by atoms with Crippen LogP contribution in [-0.2, 0) is 4.74 Å². The molecule has 0 unspecified atom stereocenters. The number of rotatable bonds is 7. The van der Waals surface area contributed by atoms with Gasteiger partial charge in [-0.1, -0.05) is 30.7 Å². The quantitative estimate of drug-likeness (QED) is 0.491. The first-order valence-corrected chi connectivity index (χ1v) is 12.5. The van der Waals surface area contributed by atoms with Crippen molar-refractivity contribution < 1.29 is 9.53 Å². The van der Waals surface area contributed by atoms with Gasteiger partial charge in [0.05, 0.1) is 12.7 Å². The number of fused-ring (bicyclic) bond motifs is 1. The maximum atomic E-state index is 12.6. The Kier molecular flexibility index (Phi) is 6.83. The molecule has 0 spiro atoms. The van der Waals surface area contributed by atoms with E-state index in [4.69, 9.17) is 10.5 Å². The van der Waals surface area contributed by atoms with Crippen LogP contribution in [0.4, 0.5) is 5.82 Å². The molecule has 3 heterocycles. The van der Waals surface area contributed by atoms with Crippen LogP contribution in [0.5, 0.6) is 0 Å². The third-order valence-corrected chi connectivity index (χ3v) is 7.54. The molecule has 1 amide bonds. The first kappa shape index (κ1) is 22.9. The minimum atomic E-state index is -0.00927. The van der Waals surface area contributed by atoms with Crippen LogP contribution in [0.1, 0.15) is 54.8 Å². The van der Waals surface area contributed by atoms with Crippen LogP contribution in [0.15, 0.2) is 48.7 Å². The van der Waals surface area contributed by atoms with E-state index in [1.165, 1.54) is 25.7 Å². The van der Waals surface area contributed by atoms with Gasteiger partial charge in [0, 0.05) is 41.8 Å². The standard InChI is InChI=1S/C27H35N5O2/c1-18-17-34-25(22-8-9-26(28)29-15-22)16-32(18)11-10-19-6-7-20(12-19)14-30-27(33)24-13-21-4-2-3-5-23(21)31-24/h2-5,8-9,13,15,18-20,25,31H,6-7,10-12,14,16-17H2,1H3,(H2,28,29)(H,30,33)/t18-,19-,20+,25+/m0/s1. The number of morpholine rings is 1. The Labute approximate surface area is 201 Å². The first-order valence-electron chi connectivity index (χ1n) is 12.5. The number of hydrogen-bond acceptors (Lipinski definition) is 5. The molecule has 1 aliphatic carbocycles. The number of aromatic nitrogens is 2. The Morgan fingerprint density at radius 2 is 2.09 bits per heavy atom. The predicted molar refractivity (Wildman–Crippen MR) is 134 cm³/mol. The lowest BCUT2D eigenvalue weighted by molar-refractivity contribution is -0.0614. The summed E-state index contributed by atoms with van der Waals surface area (Å²) in [7, 11) is 0. The third kappa shape index (κ3) is 5.26. The van der Waals surface area contributed by atoms with E-state index in [2.05, 4.69) is 27.1 Å². The first-order chi connectivity index (χ1) is 16.5. The molecule has 7 nitrogen and oxygen atoms in total. The number of hydrogen-bond donors (Lipinski definition) is 3. The third-order valence-electron chi connectivity index (χ3n) is 7.54. The molecule has 3 aromatic rings. The highest BCUT2D eigenvalue weighted by atomic mass is 16.5. The average Bonchev–Trinajstić information content (AvgIpc) is 3.49. The number of benzene rings is 1. The molecule has 4 N–H and O–H groups in total. The fourth-order valence-corrected chi connectivity index (χ4v) is 5.43. The van der Waals surface area contributed by atoms with Gasteiger partial charge in [-0.3, -0.25) is 9.69 Å². The van der Waals surface area contributed by atoms with Gasteiger partial charge in [0.25, 0.3) is 5.91 Å². The van der Waals surface area contributed by atoms with Gasteiger partial charge in [-0.2, -0.15) is 0 Å². The fraction of sp³-hybridized carbons (Fsp3) is 0.481. The zero-order valence-corrected chi connectivity index (χ0v) is 19.9. The topological polar surface area (TPSA) is 96.3 Å². The molecule has 2 fully saturated rings. The molecular formula is C27H35N5O2. The zero-order chi connectivity index (χ0) is 23.5. The molecule has 180 valence electrons. The van der Waals surface area contributed by atoms with Crippen LogP contribution >= 0.6 is 0 Å². The second-order valence-electron chi connectivity index (χ2n) is 10.00. The Bertz CT molecular complexity index is 1080. The number of nitrogen functional groups attached to an aromatic ring is 1. The van der Waals surface area contributed by atoms with Crippen LogP contribution < -0.4 is 11.1 Å². The van der Waals surface area contributed by atoms with Crippen molar-refractivity contribution in [3.05, 3.63) is 59.9 Å². The molecular weight excluding hydrogens is 426 g/mol. The maximum Gasteiger partial charge on any atom is 0.267 e. The number of para-hydroxylation sites is 1. The molecule has 1 saturated heterocycles. The number of nitrogens with two attached hydrogens (primary N) is 1. The van der Waals surface area contributed by atoms with Crippen molar-refractivity contribution in [2.45, 2.75) is 44.8 Å². The number of H-pyrrole nitrogens is 1. The van der Waals surface area contributed by atoms with Gasteiger partial charge >= 0.3 is 0 Å². The monoisotopic (exact) mass is 461 g/mol. The van der Waals surface area contributed by atoms with E-state index in [1.54, 1.807) is 0 Å². The molecule has 1 aliphatic heterocycles. The lowest BCUT2D eigenvalue weighted by atomic mass is 10.00. The molecule has 0 radical (unpaired) electrons. The summed E-state index contributed by atoms with van der Waals surface area (Å²) in [4.78, 5) is 22.6. The average molecular weight is 462 g/mol. The van der Waals surface area contributed by atoms with E-state index in [0.717, 1.165) is 48.6 Å². The second kappa shape index (κ2) is 10.2. The van der Waals surface area contributed by atoms with Crippen molar-refractivity contribution >= 4 is 22.6 Å². The summed E-state index contributed by atoms with van der Waals surface area (Å²) in [6, 6.07) is 14.2. The van der Waals surface area contributed by atoms with Crippen LogP contribution in [0.3, 0.4) is 0 Å². The van der Waals surface area contributed by atoms with Crippen molar-refractivity contribution in [1.29, 1.82) is 0 Å². The highest BCUT2D eigenvalue weighted by Crippen LogP contribution is 2.34. The van der Waals surface area contributed by atoms with Gasteiger partial charge < -0.3 is 20.8 Å². The van der Waals surface area contributed by atoms with Gasteiger partial charge in [0.2, 0.25) is 0 Å². The molecule has 1 aromatic carbocycles. The highest BCUT2D eigenvalue weighted by Gasteiger charge is 2.30. The van der Waals surface area contributed by atoms with E-state index >= 15 is 0 Å². The SMILES string of the molecule is C[C@H]1CO[C@@H](c2ccc(N)nc2)CN1CC[C@@H]1CC[C@@H](CNC(=O)c2cc3ccccc3[nH]2)C1. The second-order valence-corrected chi connectivity index (χ2v) is 10.00. The molecule has 2 aliphatic rings. The molecule has 34 heavy (non-hydrogen) atoms. The largest absolute Gasteiger partial charge is 0.384 e. The minimum absolute atomic E-state index is 0.00927. The molecule has 5 rings (SSSR count). The maximum absolute atomic E-state index is 12.6. The van der Waals surface area contributed by atoms with E-state index < -0.39 is 0 Å². The Hall–Kier alpha value is -2.90. The summed E-state index contributed by atoms with van der Waals surface area (Å²) < 4.78 is 6.08. The van der Waals surface area contributed by atoms with Crippen LogP contribution in [-0.4, -0.2) is 53.1 Å². The van der Waals surface area contributed by atoms with Crippen molar-refractivity contribution in [3.8, 4) is 0 Å². The van der Waals surface area contributed by atoms with Gasteiger partial charge in [-0.25, -0.2) is 4.98 Å². The minimum Gasteiger partial charge on any atom is -0.384 e. The van der Waals surface area contributed by atoms with E-state index in [0.29, 0.717) is 23.5 Å². The van der Waals surface area contributed by atoms with Crippen molar-refractivity contribution in [2.75, 3.05) is 32.0 Å². The van der Waals surface area contributed by atoms with Crippen molar-refractivity contribution in [2.24, 2.45) is 11.8 Å². The summed E-state index contributed by atoms with van der Waals surface area (Å²) in [5, 5.41) is 4.22. The van der Waals surface area contributed by atoms with E-state index in [-0.39, 0.29) is 12.0 Å². The van der Waals surface area contributed by atoms with Crippen LogP contribution in [0.25, 0.3) is 10.9 Å². The zero-order valence-electron chi connectivity index (χ0n) is 19.9. The van der Waals surface area contributed by atoms with E-state index in [1.807, 2.05) is 48.7 Å². The number of aromatic amines is 1. The number of anilines is 1. The summed E-state index contributed by atoms with van der Waals surface area (Å²) in [5.74, 6) is 1.82. The van der Waals surface area contributed by atoms with Gasteiger partial charge in [-0.15, -0.1) is 0 Å². The van der Waals surface area contributed by atoms with Crippen LogP contribution in [0, 0.1) is 11.8 Å². The summed E-state index contributed by atoms with van der Waals surface area (Å²) in [6.45, 7) is 5.72. The smallest absolute Gasteiger partial charge is 0.267 e. The normalized spacial score (nSPS) is 25.6. The summed E-state index contributed by atoms with van der Waals surface area (Å²) >= 11 is 0. The predicted octanol–water partition coefficient (Wildman–Crippen LogP) is 4.14. The number of carbonyl (C=O) groups is 1. The van der Waals surface area contributed by atoms with Crippen LogP contribution in [0.2, 0.25) is 0 Å². The molecule has 0 bridgehead atoms. The lowest BCUT2D eigenvalue weighted by Crippen LogP contribution is -2.45. The number of carbonyl (C=O) groups excluding carboxylic acids is 1. The fourth-order valence-electron chi connectivity index (χ4n) is 5.43. The summed E-state index contributed by atoms with van der Waals surface area (Å²) in [5.41, 5.74) is 8.47. The Morgan fingerprint density at radius 3 is 2.91 bits per heavy atom. The Balaban J connectivity index is 1.07. The van der Waals surface area contributed by atoms with Gasteiger partial charge in [0.15, 0.2) is 0 Å². The number of pyridine rings is 1. The molecule has 7 heteroatoms. The number of ether oxygens (including phenoxy) is 1. The molecule has 4 atom stereocenters. The van der Waals surface area contributed by atoms with E-state index in [9.17, 15) is 4.79 Å². The number of amides is 1. The van der Waals surface area contributed by atoms with Crippen molar-refractivity contribution in [1.82, 2.24) is 20.2 Å². The van der Waals surface area contributed by atoms with Gasteiger partial charge in [0.1, 0.15) is 11.5 Å². The lowest BCUT2D eigenvalue weighted by Gasteiger charge is -2.38. The highest BCUT2D eigenvalue weighted by molar-refractivity contribution is 5.97. The van der Waals surface area contributed by atoms with Gasteiger partial charge in [-0.05, 0) is 62.8 Å². The number of nitrogens with zero attached hydrogens (tertiary/aromatic N) is 2. The van der Waals surface area contributed by atoms with Crippen molar-refractivity contribution in [3.63, 3.8) is 0 Å². The summed E-state index contributed by atoms with van der Waals surface area (Å²) in [6.07, 6.45) is 6.72. The number of nitrogens with one attached hydrogen (secondary N) is 2. The Morgan fingerprint density at radius 1 is 1.24 bits per heavy atom.